The Hall–Kier alpha value is -1.51. The highest BCUT2D eigenvalue weighted by atomic mass is 16.5. The molecule has 0 amide bonds. The van der Waals surface area contributed by atoms with Crippen molar-refractivity contribution in [2.45, 2.75) is 32.1 Å². The largest absolute Gasteiger partial charge is 0.394 e. The molecule has 2 heterocycles. The van der Waals surface area contributed by atoms with E-state index in [1.54, 1.807) is 0 Å². The highest BCUT2D eigenvalue weighted by Crippen LogP contribution is 2.21. The summed E-state index contributed by atoms with van der Waals surface area (Å²) in [4.78, 5) is 14.0. The molecule has 0 saturated carbocycles. The summed E-state index contributed by atoms with van der Waals surface area (Å²) < 4.78 is 5.74. The SMILES string of the molecule is CC1(C)CN(Cc2nc(N)nc(N)n2)CC(CO)O1. The quantitative estimate of drug-likeness (QED) is 0.638. The molecule has 0 aromatic carbocycles. The number of aromatic nitrogens is 3. The minimum absolute atomic E-state index is 0.0125. The third-order valence-corrected chi connectivity index (χ3v) is 2.84. The van der Waals surface area contributed by atoms with E-state index in [1.807, 2.05) is 13.8 Å². The predicted octanol–water partition coefficient (Wildman–Crippen LogP) is -0.992. The molecule has 8 heteroatoms. The number of morpholine rings is 1. The van der Waals surface area contributed by atoms with Crippen molar-refractivity contribution in [3.05, 3.63) is 5.82 Å². The molecule has 1 aliphatic rings. The number of hydrogen-bond donors (Lipinski definition) is 3. The third kappa shape index (κ3) is 3.72. The van der Waals surface area contributed by atoms with Gasteiger partial charge in [-0.25, -0.2) is 0 Å². The Morgan fingerprint density at radius 1 is 1.32 bits per heavy atom. The van der Waals surface area contributed by atoms with E-state index in [1.165, 1.54) is 0 Å². The average Bonchev–Trinajstić information content (AvgIpc) is 2.25. The van der Waals surface area contributed by atoms with Crippen molar-refractivity contribution in [2.75, 3.05) is 31.2 Å². The van der Waals surface area contributed by atoms with Crippen LogP contribution in [0.25, 0.3) is 0 Å². The van der Waals surface area contributed by atoms with Crippen LogP contribution in [0.3, 0.4) is 0 Å². The Balaban J connectivity index is 2.09. The smallest absolute Gasteiger partial charge is 0.225 e. The lowest BCUT2D eigenvalue weighted by Gasteiger charge is -2.42. The molecule has 0 spiro atoms. The molecule has 1 aromatic heterocycles. The van der Waals surface area contributed by atoms with Crippen LogP contribution in [-0.4, -0.2) is 56.4 Å². The van der Waals surface area contributed by atoms with Gasteiger partial charge in [-0.15, -0.1) is 0 Å². The number of nitrogens with two attached hydrogens (primary N) is 2. The fraction of sp³-hybridized carbons (Fsp3) is 0.727. The van der Waals surface area contributed by atoms with Crippen molar-refractivity contribution in [2.24, 2.45) is 0 Å². The molecule has 2 rings (SSSR count). The molecule has 8 nitrogen and oxygen atoms in total. The van der Waals surface area contributed by atoms with Gasteiger partial charge in [0.1, 0.15) is 5.82 Å². The molecule has 1 atom stereocenters. The molecule has 0 aliphatic carbocycles. The molecule has 1 aromatic rings. The molecule has 5 N–H and O–H groups in total. The second-order valence-electron chi connectivity index (χ2n) is 5.32. The second kappa shape index (κ2) is 5.24. The first-order valence-electron chi connectivity index (χ1n) is 6.15. The summed E-state index contributed by atoms with van der Waals surface area (Å²) in [5, 5.41) is 9.26. The zero-order valence-corrected chi connectivity index (χ0v) is 11.2. The van der Waals surface area contributed by atoms with E-state index in [0.29, 0.717) is 18.9 Å². The first-order chi connectivity index (χ1) is 8.88. The summed E-state index contributed by atoms with van der Waals surface area (Å²) in [6.45, 7) is 5.79. The van der Waals surface area contributed by atoms with Gasteiger partial charge in [0.15, 0.2) is 0 Å². The molecule has 0 bridgehead atoms. The number of aliphatic hydroxyl groups is 1. The Labute approximate surface area is 111 Å². The summed E-state index contributed by atoms with van der Waals surface area (Å²) in [7, 11) is 0. The van der Waals surface area contributed by atoms with Gasteiger partial charge in [0.05, 0.1) is 24.9 Å². The minimum atomic E-state index is -0.324. The van der Waals surface area contributed by atoms with Crippen LogP contribution in [0.2, 0.25) is 0 Å². The van der Waals surface area contributed by atoms with Gasteiger partial charge in [-0.3, -0.25) is 4.90 Å². The summed E-state index contributed by atoms with van der Waals surface area (Å²) in [6.07, 6.45) is -0.208. The number of rotatable bonds is 3. The molecule has 1 unspecified atom stereocenters. The van der Waals surface area contributed by atoms with E-state index in [0.717, 1.165) is 6.54 Å². The van der Waals surface area contributed by atoms with Gasteiger partial charge in [-0.2, -0.15) is 15.0 Å². The zero-order chi connectivity index (χ0) is 14.0. The molecule has 106 valence electrons. The van der Waals surface area contributed by atoms with Crippen molar-refractivity contribution < 1.29 is 9.84 Å². The monoisotopic (exact) mass is 268 g/mol. The molecular weight excluding hydrogens is 248 g/mol. The fourth-order valence-corrected chi connectivity index (χ4v) is 2.36. The number of ether oxygens (including phenoxy) is 1. The van der Waals surface area contributed by atoms with Gasteiger partial charge >= 0.3 is 0 Å². The van der Waals surface area contributed by atoms with E-state index >= 15 is 0 Å². The summed E-state index contributed by atoms with van der Waals surface area (Å²) in [6, 6.07) is 0. The maximum Gasteiger partial charge on any atom is 0.225 e. The van der Waals surface area contributed by atoms with Crippen LogP contribution in [0.1, 0.15) is 19.7 Å². The Kier molecular flexibility index (Phi) is 3.83. The molecule has 1 saturated heterocycles. The summed E-state index contributed by atoms with van der Waals surface area (Å²) in [5.41, 5.74) is 10.8. The predicted molar refractivity (Wildman–Crippen MR) is 70.0 cm³/mol. The molecule has 1 fully saturated rings. The first kappa shape index (κ1) is 13.9. The standard InChI is InChI=1S/C11H20N6O2/c1-11(2)6-17(3-7(5-18)19-11)4-8-14-9(12)16-10(13)15-8/h7,18H,3-6H2,1-2H3,(H4,12,13,14,15,16). The zero-order valence-electron chi connectivity index (χ0n) is 11.2. The number of aliphatic hydroxyl groups excluding tert-OH is 1. The van der Waals surface area contributed by atoms with Crippen LogP contribution in [0.15, 0.2) is 0 Å². The third-order valence-electron chi connectivity index (χ3n) is 2.84. The van der Waals surface area contributed by atoms with Crippen molar-refractivity contribution in [1.29, 1.82) is 0 Å². The van der Waals surface area contributed by atoms with Crippen molar-refractivity contribution in [1.82, 2.24) is 19.9 Å². The number of nitrogen functional groups attached to an aromatic ring is 2. The molecule has 19 heavy (non-hydrogen) atoms. The van der Waals surface area contributed by atoms with Gasteiger partial charge in [-0.05, 0) is 13.8 Å². The van der Waals surface area contributed by atoms with Gasteiger partial charge in [0.2, 0.25) is 11.9 Å². The fourth-order valence-electron chi connectivity index (χ4n) is 2.36. The number of hydrogen-bond acceptors (Lipinski definition) is 8. The van der Waals surface area contributed by atoms with Gasteiger partial charge in [-0.1, -0.05) is 0 Å². The normalized spacial score (nSPS) is 23.4. The first-order valence-corrected chi connectivity index (χ1v) is 6.15. The van der Waals surface area contributed by atoms with E-state index in [4.69, 9.17) is 16.2 Å². The Morgan fingerprint density at radius 3 is 2.53 bits per heavy atom. The van der Waals surface area contributed by atoms with E-state index in [-0.39, 0.29) is 30.2 Å². The van der Waals surface area contributed by atoms with Gasteiger partial charge in [0.25, 0.3) is 0 Å². The highest BCUT2D eigenvalue weighted by molar-refractivity contribution is 5.25. The minimum Gasteiger partial charge on any atom is -0.394 e. The van der Waals surface area contributed by atoms with Gasteiger partial charge in [0, 0.05) is 13.1 Å². The van der Waals surface area contributed by atoms with Crippen LogP contribution in [0.5, 0.6) is 0 Å². The van der Waals surface area contributed by atoms with Crippen LogP contribution >= 0.6 is 0 Å². The second-order valence-corrected chi connectivity index (χ2v) is 5.32. The number of nitrogens with zero attached hydrogens (tertiary/aromatic N) is 4. The summed E-state index contributed by atoms with van der Waals surface area (Å²) in [5.74, 6) is 0.766. The Bertz CT molecular complexity index is 433. The molecule has 0 radical (unpaired) electrons. The lowest BCUT2D eigenvalue weighted by Crippen LogP contribution is -2.53. The average molecular weight is 268 g/mol. The van der Waals surface area contributed by atoms with Crippen LogP contribution in [0.4, 0.5) is 11.9 Å². The van der Waals surface area contributed by atoms with Crippen molar-refractivity contribution >= 4 is 11.9 Å². The van der Waals surface area contributed by atoms with Crippen LogP contribution in [-0.2, 0) is 11.3 Å². The van der Waals surface area contributed by atoms with Crippen molar-refractivity contribution in [3.63, 3.8) is 0 Å². The highest BCUT2D eigenvalue weighted by Gasteiger charge is 2.33. The number of anilines is 2. The maximum absolute atomic E-state index is 9.26. The van der Waals surface area contributed by atoms with Crippen LogP contribution < -0.4 is 11.5 Å². The van der Waals surface area contributed by atoms with E-state index in [2.05, 4.69) is 19.9 Å². The van der Waals surface area contributed by atoms with Crippen molar-refractivity contribution in [3.8, 4) is 0 Å². The van der Waals surface area contributed by atoms with E-state index < -0.39 is 0 Å². The molecule has 1 aliphatic heterocycles. The Morgan fingerprint density at radius 2 is 1.95 bits per heavy atom. The summed E-state index contributed by atoms with van der Waals surface area (Å²) >= 11 is 0. The molecular formula is C11H20N6O2. The van der Waals surface area contributed by atoms with Gasteiger partial charge < -0.3 is 21.3 Å². The lowest BCUT2D eigenvalue weighted by atomic mass is 10.1. The van der Waals surface area contributed by atoms with Crippen LogP contribution in [0, 0.1) is 0 Å². The topological polar surface area (TPSA) is 123 Å². The lowest BCUT2D eigenvalue weighted by molar-refractivity contribution is -0.151. The maximum atomic E-state index is 9.26. The van der Waals surface area contributed by atoms with E-state index in [9.17, 15) is 5.11 Å².